The number of anilines is 2. The SMILES string of the molecule is CN(C(=O)c1ccc2c(c1)C(NC(=O)Nc1cccc(Cl)c1Cl)CCC2)C1CCN(c2ccncc2)CC1. The molecule has 2 heterocycles. The number of amides is 3. The summed E-state index contributed by atoms with van der Waals surface area (Å²) in [6.07, 6.45) is 8.12. The molecule has 0 bridgehead atoms. The maximum atomic E-state index is 13.5. The van der Waals surface area contributed by atoms with Crippen molar-refractivity contribution in [3.8, 4) is 0 Å². The molecule has 0 radical (unpaired) electrons. The van der Waals surface area contributed by atoms with Crippen molar-refractivity contribution in [2.75, 3.05) is 30.4 Å². The molecular formula is C29H31Cl2N5O2. The van der Waals surface area contributed by atoms with Crippen molar-refractivity contribution in [2.45, 2.75) is 44.2 Å². The monoisotopic (exact) mass is 551 g/mol. The number of carbonyl (C=O) groups is 2. The molecule has 9 heteroatoms. The molecule has 2 N–H and O–H groups in total. The highest BCUT2D eigenvalue weighted by Gasteiger charge is 2.28. The number of halogens is 2. The Morgan fingerprint density at radius 2 is 1.79 bits per heavy atom. The largest absolute Gasteiger partial charge is 0.371 e. The third-order valence-corrected chi connectivity index (χ3v) is 8.39. The van der Waals surface area contributed by atoms with Crippen LogP contribution in [0.15, 0.2) is 60.9 Å². The van der Waals surface area contributed by atoms with Crippen LogP contribution in [-0.4, -0.2) is 48.0 Å². The highest BCUT2D eigenvalue weighted by molar-refractivity contribution is 6.43. The van der Waals surface area contributed by atoms with Crippen LogP contribution in [0.3, 0.4) is 0 Å². The maximum Gasteiger partial charge on any atom is 0.319 e. The Hall–Kier alpha value is -3.29. The smallest absolute Gasteiger partial charge is 0.319 e. The summed E-state index contributed by atoms with van der Waals surface area (Å²) in [5, 5.41) is 6.54. The van der Waals surface area contributed by atoms with Gasteiger partial charge in [-0.25, -0.2) is 4.79 Å². The Morgan fingerprint density at radius 1 is 1.03 bits per heavy atom. The fourth-order valence-electron chi connectivity index (χ4n) is 5.43. The molecule has 3 aromatic rings. The van der Waals surface area contributed by atoms with Gasteiger partial charge in [0.2, 0.25) is 0 Å². The zero-order valence-corrected chi connectivity index (χ0v) is 22.8. The predicted molar refractivity (Wildman–Crippen MR) is 152 cm³/mol. The first kappa shape index (κ1) is 26.3. The average molecular weight is 553 g/mol. The summed E-state index contributed by atoms with van der Waals surface area (Å²) >= 11 is 12.3. The van der Waals surface area contributed by atoms with Gasteiger partial charge in [-0.1, -0.05) is 35.3 Å². The van der Waals surface area contributed by atoms with Gasteiger partial charge in [0.25, 0.3) is 5.91 Å². The van der Waals surface area contributed by atoms with Gasteiger partial charge in [-0.05, 0) is 79.6 Å². The molecule has 2 aliphatic rings. The molecule has 198 valence electrons. The number of benzene rings is 2. The van der Waals surface area contributed by atoms with E-state index in [1.165, 1.54) is 5.69 Å². The van der Waals surface area contributed by atoms with Crippen LogP contribution in [0.5, 0.6) is 0 Å². The van der Waals surface area contributed by atoms with Gasteiger partial charge in [0, 0.05) is 49.8 Å². The summed E-state index contributed by atoms with van der Waals surface area (Å²) < 4.78 is 0. The van der Waals surface area contributed by atoms with E-state index in [1.807, 2.05) is 54.7 Å². The molecular weight excluding hydrogens is 521 g/mol. The van der Waals surface area contributed by atoms with Gasteiger partial charge in [0.05, 0.1) is 21.8 Å². The Morgan fingerprint density at radius 3 is 2.55 bits per heavy atom. The van der Waals surface area contributed by atoms with Crippen molar-refractivity contribution in [1.82, 2.24) is 15.2 Å². The molecule has 0 saturated carbocycles. The van der Waals surface area contributed by atoms with Gasteiger partial charge < -0.3 is 20.4 Å². The van der Waals surface area contributed by atoms with E-state index in [-0.39, 0.29) is 24.0 Å². The van der Waals surface area contributed by atoms with Crippen molar-refractivity contribution in [3.63, 3.8) is 0 Å². The van der Waals surface area contributed by atoms with E-state index in [0.29, 0.717) is 21.3 Å². The van der Waals surface area contributed by atoms with Crippen LogP contribution in [0.4, 0.5) is 16.2 Å². The van der Waals surface area contributed by atoms with Crippen LogP contribution < -0.4 is 15.5 Å². The minimum Gasteiger partial charge on any atom is -0.371 e. The van der Waals surface area contributed by atoms with Crippen LogP contribution in [0.25, 0.3) is 0 Å². The number of hydrogen-bond acceptors (Lipinski definition) is 4. The molecule has 38 heavy (non-hydrogen) atoms. The number of nitrogens with zero attached hydrogens (tertiary/aromatic N) is 3. The second-order valence-electron chi connectivity index (χ2n) is 9.90. The Bertz CT molecular complexity index is 1310. The topological polar surface area (TPSA) is 77.6 Å². The van der Waals surface area contributed by atoms with Crippen molar-refractivity contribution in [3.05, 3.63) is 87.7 Å². The summed E-state index contributed by atoms with van der Waals surface area (Å²) in [7, 11) is 1.90. The molecule has 1 unspecified atom stereocenters. The van der Waals surface area contributed by atoms with E-state index >= 15 is 0 Å². The van der Waals surface area contributed by atoms with Crippen LogP contribution in [-0.2, 0) is 6.42 Å². The van der Waals surface area contributed by atoms with Crippen LogP contribution >= 0.6 is 23.2 Å². The number of piperidine rings is 1. The van der Waals surface area contributed by atoms with E-state index in [0.717, 1.165) is 56.3 Å². The number of urea groups is 1. The van der Waals surface area contributed by atoms with Gasteiger partial charge in [-0.2, -0.15) is 0 Å². The lowest BCUT2D eigenvalue weighted by Crippen LogP contribution is -2.45. The summed E-state index contributed by atoms with van der Waals surface area (Å²) in [5.41, 5.74) is 4.42. The Labute approximate surface area is 233 Å². The van der Waals surface area contributed by atoms with Crippen molar-refractivity contribution in [2.24, 2.45) is 0 Å². The quantitative estimate of drug-likeness (QED) is 0.388. The van der Waals surface area contributed by atoms with Crippen molar-refractivity contribution >= 4 is 46.5 Å². The zero-order chi connectivity index (χ0) is 26.6. The molecule has 1 atom stereocenters. The standard InChI is InChI=1S/C29H31Cl2N5O2/c1-35(21-12-16-36(17-13-21)22-10-14-32-15-11-22)28(37)20-9-8-19-4-2-6-25(23(19)18-20)33-29(38)34-26-7-3-5-24(30)27(26)31/h3,5,7-11,14-15,18,21,25H,2,4,6,12-13,16-17H2,1H3,(H2,33,34,38). The summed E-state index contributed by atoms with van der Waals surface area (Å²) in [5.74, 6) is 0.00893. The van der Waals surface area contributed by atoms with E-state index in [4.69, 9.17) is 23.2 Å². The molecule has 7 nitrogen and oxygen atoms in total. The van der Waals surface area contributed by atoms with Crippen LogP contribution in [0.2, 0.25) is 10.0 Å². The average Bonchev–Trinajstić information content (AvgIpc) is 2.95. The van der Waals surface area contributed by atoms with E-state index in [1.54, 1.807) is 18.2 Å². The summed E-state index contributed by atoms with van der Waals surface area (Å²) in [4.78, 5) is 34.6. The van der Waals surface area contributed by atoms with Crippen molar-refractivity contribution < 1.29 is 9.59 Å². The van der Waals surface area contributed by atoms with Crippen molar-refractivity contribution in [1.29, 1.82) is 0 Å². The molecule has 1 aliphatic carbocycles. The molecule has 1 saturated heterocycles. The highest BCUT2D eigenvalue weighted by Crippen LogP contribution is 2.33. The number of rotatable bonds is 5. The predicted octanol–water partition coefficient (Wildman–Crippen LogP) is 6.33. The lowest BCUT2D eigenvalue weighted by molar-refractivity contribution is 0.0709. The zero-order valence-electron chi connectivity index (χ0n) is 21.3. The van der Waals surface area contributed by atoms with E-state index in [2.05, 4.69) is 20.5 Å². The van der Waals surface area contributed by atoms with Gasteiger partial charge in [0.15, 0.2) is 0 Å². The first-order valence-electron chi connectivity index (χ1n) is 13.0. The highest BCUT2D eigenvalue weighted by atomic mass is 35.5. The number of aryl methyl sites for hydroxylation is 1. The normalized spacial score (nSPS) is 17.4. The van der Waals surface area contributed by atoms with Gasteiger partial charge >= 0.3 is 6.03 Å². The number of nitrogens with one attached hydrogen (secondary N) is 2. The molecule has 3 amide bonds. The Balaban J connectivity index is 1.25. The molecule has 0 spiro atoms. The minimum absolute atomic E-state index is 0.00893. The molecule has 1 aromatic heterocycles. The number of fused-ring (bicyclic) bond motifs is 1. The number of pyridine rings is 1. The molecule has 1 aliphatic heterocycles. The summed E-state index contributed by atoms with van der Waals surface area (Å²) in [6.45, 7) is 1.79. The molecule has 5 rings (SSSR count). The maximum absolute atomic E-state index is 13.5. The third-order valence-electron chi connectivity index (χ3n) is 7.57. The number of aromatic nitrogens is 1. The summed E-state index contributed by atoms with van der Waals surface area (Å²) in [6, 6.07) is 14.7. The number of hydrogen-bond donors (Lipinski definition) is 2. The lowest BCUT2D eigenvalue weighted by atomic mass is 9.86. The number of carbonyl (C=O) groups excluding carboxylic acids is 2. The van der Waals surface area contributed by atoms with E-state index in [9.17, 15) is 9.59 Å². The molecule has 1 fully saturated rings. The van der Waals surface area contributed by atoms with Gasteiger partial charge in [-0.15, -0.1) is 0 Å². The molecule has 2 aromatic carbocycles. The Kier molecular flexibility index (Phi) is 8.05. The van der Waals surface area contributed by atoms with Gasteiger partial charge in [-0.3, -0.25) is 9.78 Å². The van der Waals surface area contributed by atoms with E-state index < -0.39 is 0 Å². The second-order valence-corrected chi connectivity index (χ2v) is 10.7. The fourth-order valence-corrected chi connectivity index (χ4v) is 5.78. The second kappa shape index (κ2) is 11.6. The lowest BCUT2D eigenvalue weighted by Gasteiger charge is -2.38. The van der Waals surface area contributed by atoms with Crippen LogP contribution in [0.1, 0.15) is 53.2 Å². The fraction of sp³-hybridized carbons (Fsp3) is 0.345. The minimum atomic E-state index is -0.359. The third kappa shape index (κ3) is 5.74. The van der Waals surface area contributed by atoms with Crippen LogP contribution in [0, 0.1) is 0 Å². The first-order chi connectivity index (χ1) is 18.4. The van der Waals surface area contributed by atoms with Gasteiger partial charge in [0.1, 0.15) is 0 Å². The first-order valence-corrected chi connectivity index (χ1v) is 13.7.